The van der Waals surface area contributed by atoms with Crippen molar-refractivity contribution in [1.82, 2.24) is 0 Å². The van der Waals surface area contributed by atoms with Crippen LogP contribution < -0.4 is 0 Å². The highest BCUT2D eigenvalue weighted by atomic mass is 32.3. The van der Waals surface area contributed by atoms with Gasteiger partial charge in [-0.05, 0) is 20.3 Å². The molecule has 0 aromatic heterocycles. The maximum absolute atomic E-state index is 10.2. The molecule has 0 saturated carbocycles. The third kappa shape index (κ3) is 56.6. The Balaban J connectivity index is -0.000000181. The van der Waals surface area contributed by atoms with Gasteiger partial charge in [0.05, 0.1) is 19.8 Å². The van der Waals surface area contributed by atoms with E-state index >= 15 is 0 Å². The number of hydrogen-bond acceptors (Lipinski definition) is 6. The lowest BCUT2D eigenvalue weighted by Crippen LogP contribution is -2.04. The van der Waals surface area contributed by atoms with Gasteiger partial charge in [0.1, 0.15) is 0 Å². The van der Waals surface area contributed by atoms with Crippen molar-refractivity contribution < 1.29 is 32.1 Å². The van der Waals surface area contributed by atoms with Crippen molar-refractivity contribution in [3.63, 3.8) is 0 Å². The van der Waals surface area contributed by atoms with Crippen LogP contribution in [0.2, 0.25) is 0 Å². The second-order valence-electron chi connectivity index (χ2n) is 4.95. The first-order chi connectivity index (χ1) is 12.4. The Morgan fingerprint density at radius 2 is 1.15 bits per heavy atom. The van der Waals surface area contributed by atoms with Crippen molar-refractivity contribution in [3.8, 4) is 0 Å². The minimum Gasteiger partial charge on any atom is -0.394 e. The quantitative estimate of drug-likeness (QED) is 0.244. The second kappa shape index (κ2) is 32.2. The fraction of sp³-hybridized carbons (Fsp3) is 0.889. The van der Waals surface area contributed by atoms with E-state index in [0.29, 0.717) is 6.42 Å². The van der Waals surface area contributed by atoms with Gasteiger partial charge in [-0.1, -0.05) is 51.9 Å². The van der Waals surface area contributed by atoms with Crippen LogP contribution in [0.3, 0.4) is 0 Å². The van der Waals surface area contributed by atoms with E-state index < -0.39 is 10.4 Å². The monoisotopic (exact) mass is 402 g/mol. The summed E-state index contributed by atoms with van der Waals surface area (Å²) in [6.45, 7) is 13.7. The van der Waals surface area contributed by atoms with Crippen LogP contribution >= 0.6 is 0 Å². The van der Waals surface area contributed by atoms with E-state index in [1.54, 1.807) is 0 Å². The summed E-state index contributed by atoms with van der Waals surface area (Å²) >= 11 is 0. The standard InChI is InChI=1S/C10H22O4S.C4H10O.C2H6O2.C2H4/c1-2-3-4-5-6-7-8-9-10-14-15(11,12)13;1-3-5-4-2;3-1-2-4;1-2/h2-10H2,1H3,(H,11,12,13);3-4H2,1-2H3;3-4H,1-2H2;1-2H2. The Hall–Kier alpha value is -0.510. The molecule has 0 aromatic rings. The average Bonchev–Trinajstić information content (AvgIpc) is 2.62. The molecular formula is C18H42O7S. The molecule has 0 aliphatic heterocycles. The molecule has 0 aliphatic carbocycles. The predicted octanol–water partition coefficient (Wildman–Crippen LogP) is 3.76. The summed E-state index contributed by atoms with van der Waals surface area (Å²) < 4.78 is 37.6. The minimum atomic E-state index is -4.23. The molecule has 26 heavy (non-hydrogen) atoms. The van der Waals surface area contributed by atoms with Gasteiger partial charge < -0.3 is 14.9 Å². The smallest absolute Gasteiger partial charge is 0.394 e. The SMILES string of the molecule is C=C.CCCCCCCCCCOS(=O)(=O)O.CCOCC.OCCO. The predicted molar refractivity (Wildman–Crippen MR) is 108 cm³/mol. The van der Waals surface area contributed by atoms with Crippen LogP contribution in [-0.2, 0) is 19.3 Å². The van der Waals surface area contributed by atoms with Gasteiger partial charge in [-0.2, -0.15) is 8.42 Å². The largest absolute Gasteiger partial charge is 0.397 e. The van der Waals surface area contributed by atoms with Gasteiger partial charge in [-0.25, -0.2) is 4.18 Å². The van der Waals surface area contributed by atoms with Crippen molar-refractivity contribution in [1.29, 1.82) is 0 Å². The van der Waals surface area contributed by atoms with Gasteiger partial charge in [-0.15, -0.1) is 13.2 Å². The highest BCUT2D eigenvalue weighted by Gasteiger charge is 2.02. The number of rotatable bonds is 13. The van der Waals surface area contributed by atoms with Gasteiger partial charge in [-0.3, -0.25) is 4.55 Å². The van der Waals surface area contributed by atoms with Crippen LogP contribution in [0, 0.1) is 0 Å². The van der Waals surface area contributed by atoms with Crippen molar-refractivity contribution in [2.75, 3.05) is 33.0 Å². The lowest BCUT2D eigenvalue weighted by Gasteiger charge is -2.01. The number of aliphatic hydroxyl groups excluding tert-OH is 2. The molecule has 0 aromatic carbocycles. The fourth-order valence-electron chi connectivity index (χ4n) is 1.60. The molecule has 162 valence electrons. The Morgan fingerprint density at radius 3 is 1.42 bits per heavy atom. The van der Waals surface area contributed by atoms with Crippen LogP contribution in [0.25, 0.3) is 0 Å². The first-order valence-corrected chi connectivity index (χ1v) is 10.7. The fourth-order valence-corrected chi connectivity index (χ4v) is 1.93. The summed E-state index contributed by atoms with van der Waals surface area (Å²) in [6.07, 6.45) is 9.05. The van der Waals surface area contributed by atoms with Crippen molar-refractivity contribution in [2.45, 2.75) is 72.1 Å². The molecule has 0 bridgehead atoms. The molecule has 0 saturated heterocycles. The maximum Gasteiger partial charge on any atom is 0.397 e. The molecule has 0 spiro atoms. The topological polar surface area (TPSA) is 113 Å². The maximum atomic E-state index is 10.2. The Kier molecular flexibility index (Phi) is 41.0. The highest BCUT2D eigenvalue weighted by Crippen LogP contribution is 2.08. The Labute approximate surface area is 161 Å². The zero-order valence-corrected chi connectivity index (χ0v) is 17.8. The number of aliphatic hydroxyl groups is 2. The molecule has 0 radical (unpaired) electrons. The molecule has 0 atom stereocenters. The summed E-state index contributed by atoms with van der Waals surface area (Å²) in [5, 5.41) is 15.2. The molecule has 7 nitrogen and oxygen atoms in total. The van der Waals surface area contributed by atoms with Crippen molar-refractivity contribution in [2.24, 2.45) is 0 Å². The molecular weight excluding hydrogens is 360 g/mol. The average molecular weight is 403 g/mol. The molecule has 0 rings (SSSR count). The summed E-state index contributed by atoms with van der Waals surface area (Å²) in [7, 11) is -4.23. The van der Waals surface area contributed by atoms with Gasteiger partial charge in [0, 0.05) is 13.2 Å². The summed E-state index contributed by atoms with van der Waals surface area (Å²) in [4.78, 5) is 0. The molecule has 0 unspecified atom stereocenters. The van der Waals surface area contributed by atoms with Gasteiger partial charge in [0.25, 0.3) is 0 Å². The summed E-state index contributed by atoms with van der Waals surface area (Å²) in [6, 6.07) is 0. The van der Waals surface area contributed by atoms with Crippen LogP contribution in [0.15, 0.2) is 13.2 Å². The second-order valence-corrected chi connectivity index (χ2v) is 6.04. The van der Waals surface area contributed by atoms with Crippen LogP contribution in [0.4, 0.5) is 0 Å². The summed E-state index contributed by atoms with van der Waals surface area (Å²) in [5.74, 6) is 0. The van der Waals surface area contributed by atoms with Crippen molar-refractivity contribution in [3.05, 3.63) is 13.2 Å². The van der Waals surface area contributed by atoms with Gasteiger partial charge in [0.2, 0.25) is 0 Å². The molecule has 0 aliphatic rings. The van der Waals surface area contributed by atoms with Crippen LogP contribution in [0.1, 0.15) is 72.1 Å². The Morgan fingerprint density at radius 1 is 0.769 bits per heavy atom. The zero-order chi connectivity index (χ0) is 21.1. The van der Waals surface area contributed by atoms with E-state index in [9.17, 15) is 8.42 Å². The van der Waals surface area contributed by atoms with E-state index in [1.807, 2.05) is 13.8 Å². The lowest BCUT2D eigenvalue weighted by molar-refractivity contribution is 0.162. The minimum absolute atomic E-state index is 0.0911. The van der Waals surface area contributed by atoms with E-state index in [1.165, 1.54) is 32.1 Å². The van der Waals surface area contributed by atoms with E-state index in [-0.39, 0.29) is 19.8 Å². The molecule has 8 heteroatoms. The van der Waals surface area contributed by atoms with Gasteiger partial charge in [0.15, 0.2) is 0 Å². The first kappa shape index (κ1) is 33.1. The normalized spacial score (nSPS) is 9.77. The van der Waals surface area contributed by atoms with E-state index in [0.717, 1.165) is 26.1 Å². The number of ether oxygens (including phenoxy) is 1. The van der Waals surface area contributed by atoms with Gasteiger partial charge >= 0.3 is 10.4 Å². The highest BCUT2D eigenvalue weighted by molar-refractivity contribution is 7.80. The molecule has 0 heterocycles. The van der Waals surface area contributed by atoms with Crippen molar-refractivity contribution >= 4 is 10.4 Å². The zero-order valence-electron chi connectivity index (χ0n) is 17.0. The third-order valence-corrected chi connectivity index (χ3v) is 3.20. The number of unbranched alkanes of at least 4 members (excludes halogenated alkanes) is 7. The molecule has 0 amide bonds. The van der Waals surface area contributed by atoms with Crippen LogP contribution in [0.5, 0.6) is 0 Å². The van der Waals surface area contributed by atoms with E-state index in [2.05, 4.69) is 24.3 Å². The van der Waals surface area contributed by atoms with E-state index in [4.69, 9.17) is 19.5 Å². The first-order valence-electron chi connectivity index (χ1n) is 9.30. The Bertz CT molecular complexity index is 305. The molecule has 0 fully saturated rings. The molecule has 3 N–H and O–H groups in total. The number of hydrogen-bond donors (Lipinski definition) is 3. The summed E-state index contributed by atoms with van der Waals surface area (Å²) in [5.41, 5.74) is 0. The third-order valence-electron chi connectivity index (χ3n) is 2.74. The van der Waals surface area contributed by atoms with Crippen LogP contribution in [-0.4, -0.2) is 56.2 Å². The lowest BCUT2D eigenvalue weighted by atomic mass is 10.1.